The molecule has 1 aliphatic rings. The lowest BCUT2D eigenvalue weighted by atomic mass is 10.1. The lowest BCUT2D eigenvalue weighted by Crippen LogP contribution is -2.47. The van der Waals surface area contributed by atoms with Gasteiger partial charge in [-0.25, -0.2) is 13.1 Å². The van der Waals surface area contributed by atoms with E-state index in [1.165, 1.54) is 36.0 Å². The molecule has 0 aliphatic carbocycles. The van der Waals surface area contributed by atoms with E-state index in [-0.39, 0.29) is 10.6 Å². The second kappa shape index (κ2) is 7.76. The van der Waals surface area contributed by atoms with Gasteiger partial charge in [0.25, 0.3) is 5.69 Å². The van der Waals surface area contributed by atoms with Crippen LogP contribution in [0.15, 0.2) is 41.3 Å². The number of rotatable bonds is 5. The quantitative estimate of drug-likeness (QED) is 0.607. The fraction of sp³-hybridized carbons (Fsp3) is 0.368. The summed E-state index contributed by atoms with van der Waals surface area (Å²) in [6, 6.07) is 10.3. The summed E-state index contributed by atoms with van der Waals surface area (Å²) in [6.07, 6.45) is 0. The number of nitrogens with zero attached hydrogens (tertiary/aromatic N) is 3. The van der Waals surface area contributed by atoms with Crippen LogP contribution in [0.5, 0.6) is 0 Å². The van der Waals surface area contributed by atoms with Gasteiger partial charge in [-0.05, 0) is 50.2 Å². The summed E-state index contributed by atoms with van der Waals surface area (Å²) >= 11 is 0. The Bertz CT molecular complexity index is 999. The van der Waals surface area contributed by atoms with Crippen LogP contribution in [-0.2, 0) is 10.0 Å². The summed E-state index contributed by atoms with van der Waals surface area (Å²) in [5.74, 6) is 0. The average molecular weight is 404 g/mol. The molecule has 28 heavy (non-hydrogen) atoms. The highest BCUT2D eigenvalue weighted by Crippen LogP contribution is 2.32. The van der Waals surface area contributed by atoms with Gasteiger partial charge in [0.05, 0.1) is 9.82 Å². The minimum absolute atomic E-state index is 0.112. The van der Waals surface area contributed by atoms with Gasteiger partial charge in [-0.15, -0.1) is 0 Å². The maximum Gasteiger partial charge on any atom is 0.293 e. The van der Waals surface area contributed by atoms with Crippen LogP contribution in [-0.4, -0.2) is 46.6 Å². The molecule has 150 valence electrons. The van der Waals surface area contributed by atoms with Gasteiger partial charge >= 0.3 is 0 Å². The molecule has 1 saturated heterocycles. The normalized spacial score (nSPS) is 15.0. The predicted molar refractivity (Wildman–Crippen MR) is 110 cm³/mol. The van der Waals surface area contributed by atoms with Crippen molar-refractivity contribution in [1.82, 2.24) is 4.72 Å². The highest BCUT2D eigenvalue weighted by molar-refractivity contribution is 7.89. The van der Waals surface area contributed by atoms with Crippen molar-refractivity contribution in [3.63, 3.8) is 0 Å². The molecule has 0 atom stereocenters. The molecule has 2 aromatic rings. The Labute approximate surface area is 165 Å². The molecule has 1 fully saturated rings. The number of aryl methyl sites for hydroxylation is 1. The zero-order chi connectivity index (χ0) is 20.5. The van der Waals surface area contributed by atoms with Gasteiger partial charge in [-0.2, -0.15) is 0 Å². The summed E-state index contributed by atoms with van der Waals surface area (Å²) in [5.41, 5.74) is 3.90. The van der Waals surface area contributed by atoms with Gasteiger partial charge in [0.1, 0.15) is 5.69 Å². The van der Waals surface area contributed by atoms with E-state index in [9.17, 15) is 18.5 Å². The lowest BCUT2D eigenvalue weighted by Gasteiger charge is -2.38. The van der Waals surface area contributed by atoms with E-state index >= 15 is 0 Å². The van der Waals surface area contributed by atoms with E-state index < -0.39 is 14.9 Å². The van der Waals surface area contributed by atoms with E-state index in [1.807, 2.05) is 11.0 Å². The maximum atomic E-state index is 12.0. The Kier molecular flexibility index (Phi) is 5.57. The summed E-state index contributed by atoms with van der Waals surface area (Å²) in [5, 5.41) is 11.6. The van der Waals surface area contributed by atoms with Crippen molar-refractivity contribution < 1.29 is 13.3 Å². The number of nitro groups is 1. The minimum Gasteiger partial charge on any atom is -0.368 e. The van der Waals surface area contributed by atoms with E-state index in [0.29, 0.717) is 18.8 Å². The summed E-state index contributed by atoms with van der Waals surface area (Å²) in [4.78, 5) is 15.1. The molecular formula is C19H24N4O4S. The Morgan fingerprint density at radius 2 is 1.61 bits per heavy atom. The standard InChI is InChI=1S/C19H24N4O4S/c1-14-5-4-6-17(15(14)2)21-9-11-22(12-10-21)18-8-7-16(28(26,27)20-3)13-19(18)23(24)25/h4-8,13,20H,9-12H2,1-3H3. The van der Waals surface area contributed by atoms with Gasteiger partial charge in [-0.3, -0.25) is 10.1 Å². The molecule has 0 saturated carbocycles. The molecule has 2 aromatic carbocycles. The number of benzene rings is 2. The first-order valence-corrected chi connectivity index (χ1v) is 10.5. The molecule has 0 amide bonds. The third-order valence-corrected chi connectivity index (χ3v) is 6.67. The number of anilines is 2. The molecule has 0 unspecified atom stereocenters. The van der Waals surface area contributed by atoms with Crippen LogP contribution in [0.25, 0.3) is 0 Å². The largest absolute Gasteiger partial charge is 0.368 e. The molecule has 0 aromatic heterocycles. The first-order valence-electron chi connectivity index (χ1n) is 9.02. The Morgan fingerprint density at radius 3 is 2.18 bits per heavy atom. The maximum absolute atomic E-state index is 12.0. The smallest absolute Gasteiger partial charge is 0.293 e. The third-order valence-electron chi connectivity index (χ3n) is 5.26. The van der Waals surface area contributed by atoms with E-state index in [2.05, 4.69) is 35.6 Å². The number of nitro benzene ring substituents is 1. The Morgan fingerprint density at radius 1 is 1.00 bits per heavy atom. The predicted octanol–water partition coefficient (Wildman–Crippen LogP) is 2.45. The Balaban J connectivity index is 1.84. The lowest BCUT2D eigenvalue weighted by molar-refractivity contribution is -0.384. The molecule has 1 N–H and O–H groups in total. The van der Waals surface area contributed by atoms with Crippen molar-refractivity contribution in [3.05, 3.63) is 57.6 Å². The van der Waals surface area contributed by atoms with E-state index in [1.54, 1.807) is 0 Å². The highest BCUT2D eigenvalue weighted by atomic mass is 32.2. The van der Waals surface area contributed by atoms with Crippen LogP contribution in [0.1, 0.15) is 11.1 Å². The second-order valence-electron chi connectivity index (χ2n) is 6.81. The van der Waals surface area contributed by atoms with Crippen molar-refractivity contribution in [2.45, 2.75) is 18.7 Å². The van der Waals surface area contributed by atoms with Crippen LogP contribution in [0.3, 0.4) is 0 Å². The topological polar surface area (TPSA) is 95.8 Å². The van der Waals surface area contributed by atoms with Gasteiger partial charge in [0.15, 0.2) is 0 Å². The fourth-order valence-corrected chi connectivity index (χ4v) is 4.22. The van der Waals surface area contributed by atoms with Gasteiger partial charge in [0.2, 0.25) is 10.0 Å². The fourth-order valence-electron chi connectivity index (χ4n) is 3.47. The molecule has 1 aliphatic heterocycles. The number of piperazine rings is 1. The van der Waals surface area contributed by atoms with Crippen molar-refractivity contribution in [2.24, 2.45) is 0 Å². The molecule has 0 radical (unpaired) electrons. The second-order valence-corrected chi connectivity index (χ2v) is 8.69. The van der Waals surface area contributed by atoms with Crippen molar-refractivity contribution >= 4 is 27.1 Å². The molecule has 3 rings (SSSR count). The van der Waals surface area contributed by atoms with Crippen molar-refractivity contribution in [1.29, 1.82) is 0 Å². The molecule has 1 heterocycles. The van der Waals surface area contributed by atoms with Crippen molar-refractivity contribution in [3.8, 4) is 0 Å². The third kappa shape index (κ3) is 3.81. The molecule has 0 bridgehead atoms. The van der Waals surface area contributed by atoms with Gasteiger partial charge in [0, 0.05) is 37.9 Å². The molecule has 8 nitrogen and oxygen atoms in total. The first kappa shape index (κ1) is 20.1. The number of hydrogen-bond donors (Lipinski definition) is 1. The summed E-state index contributed by atoms with van der Waals surface area (Å²) < 4.78 is 26.1. The number of hydrogen-bond acceptors (Lipinski definition) is 6. The monoisotopic (exact) mass is 404 g/mol. The summed E-state index contributed by atoms with van der Waals surface area (Å²) in [7, 11) is -2.46. The van der Waals surface area contributed by atoms with Gasteiger partial charge < -0.3 is 9.80 Å². The minimum atomic E-state index is -3.74. The van der Waals surface area contributed by atoms with Crippen LogP contribution in [0.4, 0.5) is 17.1 Å². The SMILES string of the molecule is CNS(=O)(=O)c1ccc(N2CCN(c3cccc(C)c3C)CC2)c([N+](=O)[O-])c1. The zero-order valence-corrected chi connectivity index (χ0v) is 17.0. The van der Waals surface area contributed by atoms with Crippen LogP contribution in [0, 0.1) is 24.0 Å². The zero-order valence-electron chi connectivity index (χ0n) is 16.2. The van der Waals surface area contributed by atoms with Crippen LogP contribution in [0.2, 0.25) is 0 Å². The molecular weight excluding hydrogens is 380 g/mol. The van der Waals surface area contributed by atoms with Crippen LogP contribution >= 0.6 is 0 Å². The summed E-state index contributed by atoms with van der Waals surface area (Å²) in [6.45, 7) is 6.89. The number of sulfonamides is 1. The van der Waals surface area contributed by atoms with E-state index in [4.69, 9.17) is 0 Å². The highest BCUT2D eigenvalue weighted by Gasteiger charge is 2.26. The number of nitrogens with one attached hydrogen (secondary N) is 1. The Hall–Kier alpha value is -2.65. The first-order chi connectivity index (χ1) is 13.2. The van der Waals surface area contributed by atoms with Crippen molar-refractivity contribution in [2.75, 3.05) is 43.0 Å². The van der Waals surface area contributed by atoms with E-state index in [0.717, 1.165) is 19.2 Å². The van der Waals surface area contributed by atoms with Gasteiger partial charge in [-0.1, -0.05) is 12.1 Å². The average Bonchev–Trinajstić information content (AvgIpc) is 2.69. The van der Waals surface area contributed by atoms with Crippen LogP contribution < -0.4 is 14.5 Å². The molecule has 0 spiro atoms. The molecule has 9 heteroatoms.